The van der Waals surface area contributed by atoms with E-state index >= 15 is 0 Å². The number of carbonyl (C=O) groups excluding carboxylic acids is 1. The summed E-state index contributed by atoms with van der Waals surface area (Å²) in [7, 11) is 0. The highest BCUT2D eigenvalue weighted by Gasteiger charge is 2.20. The molecule has 19 heavy (non-hydrogen) atoms. The molecule has 0 aliphatic heterocycles. The Kier molecular flexibility index (Phi) is 4.16. The molecule has 7 nitrogen and oxygen atoms in total. The Bertz CT molecular complexity index is 526. The van der Waals surface area contributed by atoms with Gasteiger partial charge in [-0.3, -0.25) is 14.6 Å². The van der Waals surface area contributed by atoms with Gasteiger partial charge in [0.2, 0.25) is 5.91 Å². The lowest BCUT2D eigenvalue weighted by atomic mass is 9.93. The number of aliphatic hydroxyl groups excluding tert-OH is 1. The van der Waals surface area contributed by atoms with Gasteiger partial charge in [0.15, 0.2) is 0 Å². The molecule has 1 heterocycles. The molecule has 1 aliphatic rings. The van der Waals surface area contributed by atoms with Crippen LogP contribution >= 0.6 is 0 Å². The van der Waals surface area contributed by atoms with E-state index in [9.17, 15) is 19.5 Å². The highest BCUT2D eigenvalue weighted by Crippen LogP contribution is 2.18. The van der Waals surface area contributed by atoms with Gasteiger partial charge in [0.05, 0.1) is 12.5 Å². The van der Waals surface area contributed by atoms with Crippen molar-refractivity contribution in [3.05, 3.63) is 32.6 Å². The molecule has 0 aromatic carbocycles. The number of H-pyrrole nitrogens is 2. The Labute approximate surface area is 109 Å². The first-order valence-electron chi connectivity index (χ1n) is 6.33. The van der Waals surface area contributed by atoms with Crippen molar-refractivity contribution in [2.24, 2.45) is 0 Å². The van der Waals surface area contributed by atoms with E-state index in [0.29, 0.717) is 18.5 Å². The number of hydrogen-bond donors (Lipinski definition) is 4. The molecule has 1 amide bonds. The molecule has 0 spiro atoms. The maximum absolute atomic E-state index is 11.8. The van der Waals surface area contributed by atoms with Crippen molar-refractivity contribution in [3.8, 4) is 0 Å². The van der Waals surface area contributed by atoms with Crippen molar-refractivity contribution in [3.63, 3.8) is 0 Å². The lowest BCUT2D eigenvalue weighted by molar-refractivity contribution is -0.121. The lowest BCUT2D eigenvalue weighted by Gasteiger charge is -2.26. The molecule has 1 aliphatic carbocycles. The van der Waals surface area contributed by atoms with Crippen LogP contribution in [0.25, 0.3) is 0 Å². The number of rotatable bonds is 3. The molecule has 1 saturated carbocycles. The summed E-state index contributed by atoms with van der Waals surface area (Å²) in [6.45, 7) is 0. The third-order valence-corrected chi connectivity index (χ3v) is 3.23. The molecule has 2 rings (SSSR count). The van der Waals surface area contributed by atoms with Gasteiger partial charge in [-0.1, -0.05) is 0 Å². The quantitative estimate of drug-likeness (QED) is 0.563. The van der Waals surface area contributed by atoms with Crippen LogP contribution < -0.4 is 16.6 Å². The number of nitrogens with one attached hydrogen (secondary N) is 3. The van der Waals surface area contributed by atoms with E-state index in [2.05, 4.69) is 10.3 Å². The molecule has 104 valence electrons. The predicted octanol–water partition coefficient (Wildman–Crippen LogP) is -0.975. The van der Waals surface area contributed by atoms with Gasteiger partial charge in [-0.05, 0) is 25.7 Å². The summed E-state index contributed by atoms with van der Waals surface area (Å²) in [4.78, 5) is 38.4. The molecule has 1 aromatic rings. The van der Waals surface area contributed by atoms with Gasteiger partial charge in [0.25, 0.3) is 5.56 Å². The Morgan fingerprint density at radius 1 is 1.26 bits per heavy atom. The second-order valence-corrected chi connectivity index (χ2v) is 4.86. The van der Waals surface area contributed by atoms with Crippen molar-refractivity contribution >= 4 is 5.91 Å². The van der Waals surface area contributed by atoms with E-state index in [0.717, 1.165) is 12.8 Å². The van der Waals surface area contributed by atoms with E-state index in [1.165, 1.54) is 6.07 Å². The minimum atomic E-state index is -0.615. The van der Waals surface area contributed by atoms with Gasteiger partial charge in [0.1, 0.15) is 0 Å². The molecular formula is C12H17N3O4. The van der Waals surface area contributed by atoms with Crippen LogP contribution in [0.4, 0.5) is 0 Å². The average Bonchev–Trinajstić information content (AvgIpc) is 2.30. The lowest BCUT2D eigenvalue weighted by Crippen LogP contribution is -2.39. The normalized spacial score (nSPS) is 23.0. The summed E-state index contributed by atoms with van der Waals surface area (Å²) in [5, 5.41) is 12.2. The standard InChI is InChI=1S/C12H17N3O4/c16-9-3-1-7(2-4-9)13-10(17)5-8-6-11(18)15-12(19)14-8/h6-7,9,16H,1-5H2,(H,13,17)(H2,14,15,18,19). The topological polar surface area (TPSA) is 115 Å². The molecule has 7 heteroatoms. The molecule has 0 bridgehead atoms. The number of aliphatic hydroxyl groups is 1. The van der Waals surface area contributed by atoms with E-state index < -0.39 is 11.2 Å². The van der Waals surface area contributed by atoms with E-state index in [1.54, 1.807) is 0 Å². The zero-order chi connectivity index (χ0) is 13.8. The Hall–Kier alpha value is -1.89. The number of hydrogen-bond acceptors (Lipinski definition) is 4. The van der Waals surface area contributed by atoms with Gasteiger partial charge in [-0.15, -0.1) is 0 Å². The van der Waals surface area contributed by atoms with Gasteiger partial charge in [0, 0.05) is 17.8 Å². The summed E-state index contributed by atoms with van der Waals surface area (Å²) < 4.78 is 0. The molecule has 0 radical (unpaired) electrons. The molecule has 4 N–H and O–H groups in total. The highest BCUT2D eigenvalue weighted by atomic mass is 16.3. The van der Waals surface area contributed by atoms with Gasteiger partial charge < -0.3 is 15.4 Å². The summed E-state index contributed by atoms with van der Waals surface area (Å²) in [5.41, 5.74) is -0.842. The fourth-order valence-corrected chi connectivity index (χ4v) is 2.29. The summed E-state index contributed by atoms with van der Waals surface area (Å²) in [6.07, 6.45) is 2.58. The fourth-order valence-electron chi connectivity index (χ4n) is 2.29. The van der Waals surface area contributed by atoms with Crippen LogP contribution in [0.5, 0.6) is 0 Å². The monoisotopic (exact) mass is 267 g/mol. The van der Waals surface area contributed by atoms with Crippen molar-refractivity contribution < 1.29 is 9.90 Å². The predicted molar refractivity (Wildman–Crippen MR) is 67.8 cm³/mol. The maximum Gasteiger partial charge on any atom is 0.325 e. The Morgan fingerprint density at radius 2 is 1.95 bits per heavy atom. The van der Waals surface area contributed by atoms with Crippen molar-refractivity contribution in [2.45, 2.75) is 44.2 Å². The molecule has 1 fully saturated rings. The first-order chi connectivity index (χ1) is 9.02. The SMILES string of the molecule is O=C(Cc1cc(=O)[nH]c(=O)[nH]1)NC1CCC(O)CC1. The van der Waals surface area contributed by atoms with Gasteiger partial charge in [-0.25, -0.2) is 4.79 Å². The zero-order valence-electron chi connectivity index (χ0n) is 10.4. The summed E-state index contributed by atoms with van der Waals surface area (Å²) in [5.74, 6) is -0.234. The van der Waals surface area contributed by atoms with Crippen LogP contribution in [-0.4, -0.2) is 33.1 Å². The minimum Gasteiger partial charge on any atom is -0.393 e. The van der Waals surface area contributed by atoms with E-state index in [-0.39, 0.29) is 24.5 Å². The van der Waals surface area contributed by atoms with Crippen molar-refractivity contribution in [1.82, 2.24) is 15.3 Å². The van der Waals surface area contributed by atoms with Gasteiger partial charge >= 0.3 is 5.69 Å². The van der Waals surface area contributed by atoms with Crippen LogP contribution in [0.2, 0.25) is 0 Å². The molecule has 0 saturated heterocycles. The van der Waals surface area contributed by atoms with Crippen molar-refractivity contribution in [2.75, 3.05) is 0 Å². The second kappa shape index (κ2) is 5.83. The number of aromatic nitrogens is 2. The third kappa shape index (κ3) is 4.06. The van der Waals surface area contributed by atoms with Crippen molar-refractivity contribution in [1.29, 1.82) is 0 Å². The second-order valence-electron chi connectivity index (χ2n) is 4.86. The Balaban J connectivity index is 1.90. The van der Waals surface area contributed by atoms with E-state index in [1.807, 2.05) is 4.98 Å². The van der Waals surface area contributed by atoms with Crippen LogP contribution in [0.15, 0.2) is 15.7 Å². The largest absolute Gasteiger partial charge is 0.393 e. The fraction of sp³-hybridized carbons (Fsp3) is 0.583. The average molecular weight is 267 g/mol. The van der Waals surface area contributed by atoms with Crippen LogP contribution in [-0.2, 0) is 11.2 Å². The third-order valence-electron chi connectivity index (χ3n) is 3.23. The molecule has 0 atom stereocenters. The maximum atomic E-state index is 11.8. The number of aromatic amines is 2. The van der Waals surface area contributed by atoms with Crippen LogP contribution in [0.3, 0.4) is 0 Å². The first-order valence-corrected chi connectivity index (χ1v) is 6.33. The smallest absolute Gasteiger partial charge is 0.325 e. The van der Waals surface area contributed by atoms with Crippen LogP contribution in [0.1, 0.15) is 31.4 Å². The highest BCUT2D eigenvalue weighted by molar-refractivity contribution is 5.78. The molecular weight excluding hydrogens is 250 g/mol. The van der Waals surface area contributed by atoms with E-state index in [4.69, 9.17) is 0 Å². The number of carbonyl (C=O) groups is 1. The zero-order valence-corrected chi connectivity index (χ0v) is 10.4. The summed E-state index contributed by atoms with van der Waals surface area (Å²) in [6, 6.07) is 1.26. The van der Waals surface area contributed by atoms with Gasteiger partial charge in [-0.2, -0.15) is 0 Å². The minimum absolute atomic E-state index is 0.0296. The number of amides is 1. The first kappa shape index (κ1) is 13.5. The molecule has 0 unspecified atom stereocenters. The molecule has 1 aromatic heterocycles. The Morgan fingerprint density at radius 3 is 2.58 bits per heavy atom. The summed E-state index contributed by atoms with van der Waals surface area (Å²) >= 11 is 0. The van der Waals surface area contributed by atoms with Crippen LogP contribution in [0, 0.1) is 0 Å².